The van der Waals surface area contributed by atoms with Crippen molar-refractivity contribution in [1.82, 2.24) is 14.1 Å². The summed E-state index contributed by atoms with van der Waals surface area (Å²) in [5.41, 5.74) is 2.56. The highest BCUT2D eigenvalue weighted by molar-refractivity contribution is 6.31. The molecule has 2 N–H and O–H groups in total. The molecule has 0 saturated carbocycles. The minimum atomic E-state index is -0.713. The first-order chi connectivity index (χ1) is 19.6. The van der Waals surface area contributed by atoms with E-state index in [1.165, 1.54) is 10.6 Å². The van der Waals surface area contributed by atoms with E-state index in [2.05, 4.69) is 5.32 Å². The quantitative estimate of drug-likeness (QED) is 0.259. The second kappa shape index (κ2) is 11.2. The Morgan fingerprint density at radius 1 is 1.17 bits per heavy atom. The Kier molecular flexibility index (Phi) is 7.87. The van der Waals surface area contributed by atoms with Crippen molar-refractivity contribution in [1.29, 1.82) is 0 Å². The number of aliphatic hydroxyl groups is 1. The third-order valence-corrected chi connectivity index (χ3v) is 7.75. The number of carbonyl (C=O) groups excluding carboxylic acids is 1. The van der Waals surface area contributed by atoms with E-state index in [9.17, 15) is 14.7 Å². The molecule has 0 bridgehead atoms. The van der Waals surface area contributed by atoms with Crippen LogP contribution in [-0.2, 0) is 16.8 Å². The van der Waals surface area contributed by atoms with Crippen LogP contribution in [0.3, 0.4) is 0 Å². The third kappa shape index (κ3) is 4.98. The number of aliphatic hydroxyl groups excluding tert-OH is 1. The van der Waals surface area contributed by atoms with Gasteiger partial charge in [-0.1, -0.05) is 41.4 Å². The van der Waals surface area contributed by atoms with Crippen LogP contribution >= 0.6 is 23.2 Å². The predicted molar refractivity (Wildman–Crippen MR) is 158 cm³/mol. The van der Waals surface area contributed by atoms with Gasteiger partial charge in [0.15, 0.2) is 5.69 Å². The molecule has 0 fully saturated rings. The molecular weight excluding hydrogens is 567 g/mol. The van der Waals surface area contributed by atoms with Crippen molar-refractivity contribution in [2.24, 2.45) is 0 Å². The molecule has 0 spiro atoms. The van der Waals surface area contributed by atoms with Crippen LogP contribution in [0.1, 0.15) is 54.1 Å². The van der Waals surface area contributed by atoms with Crippen LogP contribution < -0.4 is 15.6 Å². The summed E-state index contributed by atoms with van der Waals surface area (Å²) in [6.45, 7) is 5.82. The van der Waals surface area contributed by atoms with Crippen LogP contribution in [-0.4, -0.2) is 45.5 Å². The number of pyridine rings is 1. The second-order valence-electron chi connectivity index (χ2n) is 10.1. The van der Waals surface area contributed by atoms with E-state index in [1.54, 1.807) is 26.3 Å². The van der Waals surface area contributed by atoms with Crippen molar-refractivity contribution in [2.75, 3.05) is 25.6 Å². The monoisotopic (exact) mass is 596 g/mol. The fourth-order valence-electron chi connectivity index (χ4n) is 5.47. The summed E-state index contributed by atoms with van der Waals surface area (Å²) in [5, 5.41) is 13.5. The first kappa shape index (κ1) is 28.7. The average molecular weight is 597 g/mol. The zero-order valence-electron chi connectivity index (χ0n) is 23.1. The SMILES string of the molecule is CCOC(=O)c1nc(-c2ccccc2OC)n2c1C(Nc1cc(Cl)c(=O)n(CCO)c1)c1ccc(Cl)cc1C2(C)C. The topological polar surface area (TPSA) is 108 Å². The summed E-state index contributed by atoms with van der Waals surface area (Å²) < 4.78 is 14.5. The van der Waals surface area contributed by atoms with E-state index >= 15 is 0 Å². The second-order valence-corrected chi connectivity index (χ2v) is 10.9. The molecule has 5 rings (SSSR count). The molecule has 0 radical (unpaired) electrons. The maximum absolute atomic E-state index is 13.5. The minimum absolute atomic E-state index is 0.00949. The molecule has 1 aliphatic rings. The number of nitrogens with zero attached hydrogens (tertiary/aromatic N) is 3. The van der Waals surface area contributed by atoms with Gasteiger partial charge in [0.05, 0.1) is 48.8 Å². The highest BCUT2D eigenvalue weighted by Gasteiger charge is 2.44. The van der Waals surface area contributed by atoms with Crippen molar-refractivity contribution in [3.8, 4) is 17.1 Å². The Morgan fingerprint density at radius 3 is 2.63 bits per heavy atom. The molecule has 0 saturated heterocycles. The number of nitrogens with one attached hydrogen (secondary N) is 1. The minimum Gasteiger partial charge on any atom is -0.496 e. The maximum atomic E-state index is 13.5. The molecule has 214 valence electrons. The smallest absolute Gasteiger partial charge is 0.358 e. The third-order valence-electron chi connectivity index (χ3n) is 7.24. The molecule has 11 heteroatoms. The normalized spacial score (nSPS) is 15.1. The summed E-state index contributed by atoms with van der Waals surface area (Å²) in [4.78, 5) is 30.9. The number of halogens is 2. The lowest BCUT2D eigenvalue weighted by Gasteiger charge is -2.41. The summed E-state index contributed by atoms with van der Waals surface area (Å²) in [7, 11) is 1.58. The molecule has 0 aliphatic carbocycles. The molecule has 4 aromatic rings. The lowest BCUT2D eigenvalue weighted by atomic mass is 9.81. The fraction of sp³-hybridized carbons (Fsp3) is 0.300. The standard InChI is InChI=1S/C30H30Cl2N4O5/c1-5-41-29(39)25-26-24(33-18-15-22(32)28(38)35(16-18)12-13-37)19-11-10-17(31)14-21(19)30(2,3)36(26)27(34-25)20-8-6-7-9-23(20)40-4/h6-11,14-16,24,33,37H,5,12-13H2,1-4H3. The Bertz CT molecular complexity index is 1690. The van der Waals surface area contributed by atoms with Gasteiger partial charge in [-0.2, -0.15) is 0 Å². The van der Waals surface area contributed by atoms with E-state index in [-0.39, 0.29) is 30.5 Å². The van der Waals surface area contributed by atoms with Crippen LogP contribution in [0, 0.1) is 0 Å². The Morgan fingerprint density at radius 2 is 1.93 bits per heavy atom. The number of hydrogen-bond acceptors (Lipinski definition) is 7. The van der Waals surface area contributed by atoms with Crippen LogP contribution in [0.5, 0.6) is 5.75 Å². The van der Waals surface area contributed by atoms with Crippen molar-refractivity contribution in [3.63, 3.8) is 0 Å². The largest absolute Gasteiger partial charge is 0.496 e. The van der Waals surface area contributed by atoms with Gasteiger partial charge in [-0.25, -0.2) is 9.78 Å². The van der Waals surface area contributed by atoms with Gasteiger partial charge < -0.3 is 29.0 Å². The van der Waals surface area contributed by atoms with Crippen LogP contribution in [0.2, 0.25) is 10.0 Å². The lowest BCUT2D eigenvalue weighted by molar-refractivity contribution is 0.0518. The van der Waals surface area contributed by atoms with E-state index in [4.69, 9.17) is 37.7 Å². The molecule has 2 aromatic carbocycles. The van der Waals surface area contributed by atoms with Gasteiger partial charge in [0.25, 0.3) is 5.56 Å². The van der Waals surface area contributed by atoms with Gasteiger partial charge in [-0.15, -0.1) is 0 Å². The van der Waals surface area contributed by atoms with E-state index in [0.29, 0.717) is 33.5 Å². The zero-order chi connectivity index (χ0) is 29.5. The number of anilines is 1. The van der Waals surface area contributed by atoms with Gasteiger partial charge in [-0.3, -0.25) is 4.79 Å². The molecule has 1 unspecified atom stereocenters. The van der Waals surface area contributed by atoms with Crippen molar-refractivity contribution < 1.29 is 19.4 Å². The molecule has 1 aliphatic heterocycles. The summed E-state index contributed by atoms with van der Waals surface area (Å²) in [6, 6.07) is 14.0. The number of hydrogen-bond donors (Lipinski definition) is 2. The van der Waals surface area contributed by atoms with Crippen LogP contribution in [0.15, 0.2) is 59.5 Å². The number of benzene rings is 2. The number of rotatable bonds is 8. The molecule has 9 nitrogen and oxygen atoms in total. The van der Waals surface area contributed by atoms with E-state index in [1.807, 2.05) is 54.8 Å². The van der Waals surface area contributed by atoms with Crippen molar-refractivity contribution >= 4 is 34.9 Å². The highest BCUT2D eigenvalue weighted by atomic mass is 35.5. The average Bonchev–Trinajstić information content (AvgIpc) is 3.36. The predicted octanol–water partition coefficient (Wildman–Crippen LogP) is 5.49. The van der Waals surface area contributed by atoms with Crippen LogP contribution in [0.25, 0.3) is 11.4 Å². The number of ether oxygens (including phenoxy) is 2. The first-order valence-electron chi connectivity index (χ1n) is 13.1. The number of imidazole rings is 1. The summed E-state index contributed by atoms with van der Waals surface area (Å²) in [6.07, 6.45) is 1.59. The molecule has 3 heterocycles. The van der Waals surface area contributed by atoms with Gasteiger partial charge in [0.1, 0.15) is 16.6 Å². The maximum Gasteiger partial charge on any atom is 0.358 e. The van der Waals surface area contributed by atoms with E-state index in [0.717, 1.165) is 11.1 Å². The number of aromatic nitrogens is 3. The summed E-state index contributed by atoms with van der Waals surface area (Å²) >= 11 is 12.8. The molecular formula is C30H30Cl2N4O5. The van der Waals surface area contributed by atoms with Crippen LogP contribution in [0.4, 0.5) is 5.69 Å². The zero-order valence-corrected chi connectivity index (χ0v) is 24.6. The van der Waals surface area contributed by atoms with Gasteiger partial charge in [0.2, 0.25) is 0 Å². The van der Waals surface area contributed by atoms with Crippen molar-refractivity contribution in [3.05, 3.63) is 97.6 Å². The first-order valence-corrected chi connectivity index (χ1v) is 13.9. The lowest BCUT2D eigenvalue weighted by Crippen LogP contribution is -2.39. The Balaban J connectivity index is 1.83. The number of carbonyl (C=O) groups is 1. The summed E-state index contributed by atoms with van der Waals surface area (Å²) in [5.74, 6) is 0.544. The van der Waals surface area contributed by atoms with Gasteiger partial charge in [0, 0.05) is 17.8 Å². The number of fused-ring (bicyclic) bond motifs is 2. The Labute approximate surface area is 247 Å². The molecule has 41 heavy (non-hydrogen) atoms. The molecule has 0 amide bonds. The van der Waals surface area contributed by atoms with Gasteiger partial charge >= 0.3 is 5.97 Å². The van der Waals surface area contributed by atoms with E-state index < -0.39 is 23.1 Å². The number of esters is 1. The highest BCUT2D eigenvalue weighted by Crippen LogP contribution is 2.48. The number of para-hydroxylation sites is 1. The fourth-order valence-corrected chi connectivity index (χ4v) is 5.87. The Hall–Kier alpha value is -3.79. The molecule has 2 aromatic heterocycles. The van der Waals surface area contributed by atoms with Crippen molar-refractivity contribution in [2.45, 2.75) is 38.9 Å². The number of methoxy groups -OCH3 is 1. The van der Waals surface area contributed by atoms with Gasteiger partial charge in [-0.05, 0) is 62.2 Å². The molecule has 1 atom stereocenters.